The average Bonchev–Trinajstić information content (AvgIpc) is 2.71. The number of carbonyl (C=O) groups is 2. The van der Waals surface area contributed by atoms with Gasteiger partial charge in [-0.15, -0.1) is 0 Å². The molecule has 0 unspecified atom stereocenters. The number of hydrogen-bond acceptors (Lipinski definition) is 3. The van der Waals surface area contributed by atoms with Crippen LogP contribution in [0.5, 0.6) is 0 Å². The molecule has 2 N–H and O–H groups in total. The maximum Gasteiger partial charge on any atom is 0.354 e. The highest BCUT2D eigenvalue weighted by atomic mass is 16.4. The molecule has 5 nitrogen and oxygen atoms in total. The van der Waals surface area contributed by atoms with Crippen molar-refractivity contribution in [3.63, 3.8) is 0 Å². The van der Waals surface area contributed by atoms with Crippen molar-refractivity contribution in [2.24, 2.45) is 23.2 Å². The van der Waals surface area contributed by atoms with Gasteiger partial charge < -0.3 is 10.4 Å². The molecule has 4 saturated carbocycles. The normalized spacial score (nSPS) is 29.0. The van der Waals surface area contributed by atoms with Crippen molar-refractivity contribution in [1.82, 2.24) is 10.3 Å². The third kappa shape index (κ3) is 3.51. The highest BCUT2D eigenvalue weighted by Gasteiger charge is 2.50. The van der Waals surface area contributed by atoms with Crippen LogP contribution >= 0.6 is 0 Å². The first kappa shape index (κ1) is 19.3. The van der Waals surface area contributed by atoms with E-state index in [-0.39, 0.29) is 11.6 Å². The first-order valence-corrected chi connectivity index (χ1v) is 11.0. The molecule has 1 aromatic heterocycles. The minimum atomic E-state index is -1.06. The number of carboxylic acids is 1. The minimum Gasteiger partial charge on any atom is -0.477 e. The van der Waals surface area contributed by atoms with Gasteiger partial charge >= 0.3 is 5.97 Å². The van der Waals surface area contributed by atoms with Crippen molar-refractivity contribution >= 4 is 11.9 Å². The van der Waals surface area contributed by atoms with Crippen LogP contribution in [0.2, 0.25) is 0 Å². The van der Waals surface area contributed by atoms with Gasteiger partial charge in [0.1, 0.15) is 5.69 Å². The van der Waals surface area contributed by atoms with E-state index in [9.17, 15) is 14.7 Å². The summed E-state index contributed by atoms with van der Waals surface area (Å²) in [5.74, 6) is 1.50. The molecule has 156 valence electrons. The van der Waals surface area contributed by atoms with Crippen LogP contribution in [-0.4, -0.2) is 28.5 Å². The zero-order valence-corrected chi connectivity index (χ0v) is 17.4. The van der Waals surface area contributed by atoms with E-state index in [0.29, 0.717) is 16.7 Å². The smallest absolute Gasteiger partial charge is 0.354 e. The number of benzene rings is 1. The molecule has 0 spiro atoms. The Balaban J connectivity index is 1.34. The molecule has 0 radical (unpaired) electrons. The second-order valence-electron chi connectivity index (χ2n) is 9.84. The van der Waals surface area contributed by atoms with Gasteiger partial charge in [0.15, 0.2) is 0 Å². The minimum absolute atomic E-state index is 0.000827. The zero-order valence-electron chi connectivity index (χ0n) is 17.4. The van der Waals surface area contributed by atoms with Crippen LogP contribution in [0.25, 0.3) is 11.3 Å². The Morgan fingerprint density at radius 3 is 2.37 bits per heavy atom. The van der Waals surface area contributed by atoms with Gasteiger partial charge in [-0.2, -0.15) is 0 Å². The van der Waals surface area contributed by atoms with Gasteiger partial charge in [-0.1, -0.05) is 18.2 Å². The quantitative estimate of drug-likeness (QED) is 0.757. The number of nitrogens with one attached hydrogen (secondary N) is 1. The first-order valence-electron chi connectivity index (χ1n) is 11.0. The third-order valence-electron chi connectivity index (χ3n) is 7.54. The fourth-order valence-corrected chi connectivity index (χ4v) is 6.61. The van der Waals surface area contributed by atoms with Crippen LogP contribution in [-0.2, 0) is 0 Å². The number of rotatable bonds is 5. The lowest BCUT2D eigenvalue weighted by molar-refractivity contribution is -0.0503. The topological polar surface area (TPSA) is 79.3 Å². The Hall–Kier alpha value is -2.69. The number of pyridine rings is 1. The summed E-state index contributed by atoms with van der Waals surface area (Å²) in [6.45, 7) is 2.70. The van der Waals surface area contributed by atoms with E-state index >= 15 is 0 Å². The van der Waals surface area contributed by atoms with Crippen LogP contribution in [0.15, 0.2) is 36.4 Å². The molecule has 5 heteroatoms. The van der Waals surface area contributed by atoms with Gasteiger partial charge in [0, 0.05) is 17.7 Å². The van der Waals surface area contributed by atoms with Gasteiger partial charge in [0.05, 0.1) is 5.69 Å². The summed E-state index contributed by atoms with van der Waals surface area (Å²) in [6, 6.07) is 10.5. The molecule has 30 heavy (non-hydrogen) atoms. The van der Waals surface area contributed by atoms with Crippen LogP contribution in [0.1, 0.15) is 64.9 Å². The Labute approximate surface area is 176 Å². The summed E-state index contributed by atoms with van der Waals surface area (Å²) in [5, 5.41) is 12.5. The number of aromatic nitrogens is 1. The number of nitrogens with zero attached hydrogens (tertiary/aromatic N) is 1. The summed E-state index contributed by atoms with van der Waals surface area (Å²) in [6.07, 6.45) is 8.00. The van der Waals surface area contributed by atoms with Crippen LogP contribution in [0.3, 0.4) is 0 Å². The standard InChI is InChI=1S/C25H28N2O3/c1-15-5-6-19(21-3-2-4-22(27-21)24(29)30)10-20(15)23(28)26-14-25-11-16-7-17(12-25)9-18(8-16)13-25/h2-6,10,16-18H,7-9,11-14H2,1H3,(H,26,28)(H,29,30). The SMILES string of the molecule is Cc1ccc(-c2cccc(C(=O)O)n2)cc1C(=O)NCC12CC3CC(CC(C3)C1)C2. The third-order valence-corrected chi connectivity index (χ3v) is 7.54. The number of carbonyl (C=O) groups excluding carboxylic acids is 1. The van der Waals surface area contributed by atoms with E-state index < -0.39 is 5.97 Å². The Morgan fingerprint density at radius 1 is 1.07 bits per heavy atom. The summed E-state index contributed by atoms with van der Waals surface area (Å²) in [7, 11) is 0. The predicted octanol–water partition coefficient (Wildman–Crippen LogP) is 4.70. The summed E-state index contributed by atoms with van der Waals surface area (Å²) in [4.78, 5) is 28.5. The van der Waals surface area contributed by atoms with E-state index in [1.54, 1.807) is 12.1 Å². The Kier molecular flexibility index (Phi) is 4.64. The second-order valence-corrected chi connectivity index (χ2v) is 9.84. The number of aryl methyl sites for hydroxylation is 1. The Bertz CT molecular complexity index is 978. The number of carboxylic acid groups (broad SMARTS) is 1. The fourth-order valence-electron chi connectivity index (χ4n) is 6.61. The molecular weight excluding hydrogens is 376 g/mol. The fraction of sp³-hybridized carbons (Fsp3) is 0.480. The predicted molar refractivity (Wildman–Crippen MR) is 114 cm³/mol. The molecule has 4 bridgehead atoms. The van der Waals surface area contributed by atoms with E-state index in [2.05, 4.69) is 10.3 Å². The largest absolute Gasteiger partial charge is 0.477 e. The second kappa shape index (κ2) is 7.22. The molecule has 4 aliphatic carbocycles. The number of amides is 1. The molecule has 0 atom stereocenters. The maximum absolute atomic E-state index is 13.1. The number of aromatic carboxylic acids is 1. The lowest BCUT2D eigenvalue weighted by Gasteiger charge is -2.56. The molecule has 6 rings (SSSR count). The summed E-state index contributed by atoms with van der Waals surface area (Å²) >= 11 is 0. The molecule has 4 fully saturated rings. The van der Waals surface area contributed by atoms with E-state index in [4.69, 9.17) is 0 Å². The molecule has 0 saturated heterocycles. The molecular formula is C25H28N2O3. The molecule has 1 heterocycles. The van der Waals surface area contributed by atoms with Gasteiger partial charge in [-0.05, 0) is 92.4 Å². The van der Waals surface area contributed by atoms with Crippen molar-refractivity contribution in [1.29, 1.82) is 0 Å². The molecule has 1 amide bonds. The van der Waals surface area contributed by atoms with Crippen LogP contribution in [0, 0.1) is 30.1 Å². The van der Waals surface area contributed by atoms with Gasteiger partial charge in [-0.25, -0.2) is 9.78 Å². The monoisotopic (exact) mass is 404 g/mol. The molecule has 2 aromatic rings. The maximum atomic E-state index is 13.1. The number of hydrogen-bond donors (Lipinski definition) is 2. The van der Waals surface area contributed by atoms with Crippen molar-refractivity contribution in [2.75, 3.05) is 6.54 Å². The van der Waals surface area contributed by atoms with Crippen molar-refractivity contribution in [3.05, 3.63) is 53.2 Å². The highest BCUT2D eigenvalue weighted by Crippen LogP contribution is 2.59. The van der Waals surface area contributed by atoms with E-state index in [1.165, 1.54) is 44.6 Å². The lowest BCUT2D eigenvalue weighted by atomic mass is 9.49. The Morgan fingerprint density at radius 2 is 1.73 bits per heavy atom. The van der Waals surface area contributed by atoms with Crippen molar-refractivity contribution < 1.29 is 14.7 Å². The molecule has 0 aliphatic heterocycles. The highest BCUT2D eigenvalue weighted by molar-refractivity contribution is 5.97. The first-order chi connectivity index (χ1) is 14.4. The van der Waals surface area contributed by atoms with Crippen molar-refractivity contribution in [2.45, 2.75) is 45.4 Å². The van der Waals surface area contributed by atoms with Crippen LogP contribution in [0.4, 0.5) is 0 Å². The van der Waals surface area contributed by atoms with E-state index in [1.807, 2.05) is 25.1 Å². The van der Waals surface area contributed by atoms with Crippen molar-refractivity contribution in [3.8, 4) is 11.3 Å². The van der Waals surface area contributed by atoms with Gasteiger partial charge in [0.2, 0.25) is 0 Å². The van der Waals surface area contributed by atoms with Crippen LogP contribution < -0.4 is 5.32 Å². The summed E-state index contributed by atoms with van der Waals surface area (Å²) < 4.78 is 0. The molecule has 1 aromatic carbocycles. The lowest BCUT2D eigenvalue weighted by Crippen LogP contribution is -2.51. The van der Waals surface area contributed by atoms with E-state index in [0.717, 1.165) is 35.4 Å². The summed E-state index contributed by atoms with van der Waals surface area (Å²) in [5.41, 5.74) is 3.17. The zero-order chi connectivity index (χ0) is 20.9. The molecule has 4 aliphatic rings. The average molecular weight is 405 g/mol. The van der Waals surface area contributed by atoms with Gasteiger partial charge in [-0.3, -0.25) is 4.79 Å². The van der Waals surface area contributed by atoms with Gasteiger partial charge in [0.25, 0.3) is 5.91 Å².